The summed E-state index contributed by atoms with van der Waals surface area (Å²) in [4.78, 5) is 4.59. The molecule has 0 aromatic heterocycles. The highest BCUT2D eigenvalue weighted by Gasteiger charge is 2.34. The van der Waals surface area contributed by atoms with Gasteiger partial charge in [0.25, 0.3) is 0 Å². The second-order valence-electron chi connectivity index (χ2n) is 6.88. The Balaban J connectivity index is 1.88. The van der Waals surface area contributed by atoms with Crippen LogP contribution in [0.2, 0.25) is 0 Å². The number of fused-ring (bicyclic) bond motifs is 3. The van der Waals surface area contributed by atoms with E-state index in [4.69, 9.17) is 0 Å². The van der Waals surface area contributed by atoms with Gasteiger partial charge in [0.2, 0.25) is 0 Å². The van der Waals surface area contributed by atoms with Crippen molar-refractivity contribution in [1.82, 2.24) is 0 Å². The van der Waals surface area contributed by atoms with Gasteiger partial charge in [-0.15, -0.1) is 11.8 Å². The number of aliphatic hydroxyl groups excluding tert-OH is 1. The molecule has 0 aliphatic carbocycles. The van der Waals surface area contributed by atoms with Gasteiger partial charge in [0, 0.05) is 37.4 Å². The summed E-state index contributed by atoms with van der Waals surface area (Å²) in [5.41, 5.74) is 5.36. The Morgan fingerprint density at radius 1 is 1.21 bits per heavy atom. The highest BCUT2D eigenvalue weighted by Crippen LogP contribution is 2.47. The van der Waals surface area contributed by atoms with Crippen molar-refractivity contribution in [2.75, 3.05) is 41.8 Å². The Morgan fingerprint density at radius 3 is 2.71 bits per heavy atom. The van der Waals surface area contributed by atoms with E-state index in [9.17, 15) is 5.11 Å². The molecule has 1 aromatic carbocycles. The standard InChI is InChI=1S/C19H25FN2OS/c1-2-5-15-17-13(10-14(12-23)19-22(17)8-9-24-19)11-16(20)18(15)21-6-3-4-7-21/h11,23H,2-10,12H2,1H3. The molecule has 0 saturated carbocycles. The molecule has 0 bridgehead atoms. The monoisotopic (exact) mass is 348 g/mol. The van der Waals surface area contributed by atoms with Crippen molar-refractivity contribution in [1.29, 1.82) is 0 Å². The lowest BCUT2D eigenvalue weighted by Gasteiger charge is -2.34. The first kappa shape index (κ1) is 16.3. The number of aliphatic hydroxyl groups is 1. The van der Waals surface area contributed by atoms with Crippen LogP contribution in [0.15, 0.2) is 16.7 Å². The predicted octanol–water partition coefficient (Wildman–Crippen LogP) is 3.69. The summed E-state index contributed by atoms with van der Waals surface area (Å²) in [6.07, 6.45) is 4.92. The van der Waals surface area contributed by atoms with Crippen LogP contribution in [0.1, 0.15) is 37.3 Å². The normalized spacial score (nSPS) is 20.0. The summed E-state index contributed by atoms with van der Waals surface area (Å²) < 4.78 is 15.0. The van der Waals surface area contributed by atoms with Crippen LogP contribution in [0.25, 0.3) is 0 Å². The van der Waals surface area contributed by atoms with Crippen molar-refractivity contribution in [3.05, 3.63) is 33.6 Å². The minimum Gasteiger partial charge on any atom is -0.392 e. The molecule has 0 unspecified atom stereocenters. The summed E-state index contributed by atoms with van der Waals surface area (Å²) in [6.45, 7) is 5.12. The quantitative estimate of drug-likeness (QED) is 0.898. The van der Waals surface area contributed by atoms with Gasteiger partial charge in [-0.05, 0) is 36.5 Å². The number of hydrogen-bond acceptors (Lipinski definition) is 4. The fraction of sp³-hybridized carbons (Fsp3) is 0.579. The van der Waals surface area contributed by atoms with E-state index in [2.05, 4.69) is 16.7 Å². The molecular weight excluding hydrogens is 323 g/mol. The van der Waals surface area contributed by atoms with Crippen LogP contribution in [0.4, 0.5) is 15.8 Å². The van der Waals surface area contributed by atoms with Crippen LogP contribution in [0.3, 0.4) is 0 Å². The Hall–Kier alpha value is -1.20. The third-order valence-electron chi connectivity index (χ3n) is 5.29. The Bertz CT molecular complexity index is 682. The lowest BCUT2D eigenvalue weighted by molar-refractivity contribution is 0.327. The Labute approximate surface area is 147 Å². The molecule has 2 fully saturated rings. The van der Waals surface area contributed by atoms with Crippen LogP contribution in [0.5, 0.6) is 0 Å². The number of benzene rings is 1. The minimum absolute atomic E-state index is 0.0663. The van der Waals surface area contributed by atoms with Crippen LogP contribution in [-0.2, 0) is 12.8 Å². The average Bonchev–Trinajstić information content (AvgIpc) is 3.25. The smallest absolute Gasteiger partial charge is 0.147 e. The van der Waals surface area contributed by atoms with E-state index in [0.29, 0.717) is 6.42 Å². The van der Waals surface area contributed by atoms with E-state index >= 15 is 4.39 Å². The lowest BCUT2D eigenvalue weighted by Crippen LogP contribution is -2.29. The number of hydrogen-bond donors (Lipinski definition) is 1. The van der Waals surface area contributed by atoms with Crippen LogP contribution in [0, 0.1) is 5.82 Å². The zero-order chi connectivity index (χ0) is 16.7. The zero-order valence-electron chi connectivity index (χ0n) is 14.3. The van der Waals surface area contributed by atoms with Crippen LogP contribution in [-0.4, -0.2) is 37.1 Å². The van der Waals surface area contributed by atoms with E-state index in [1.54, 1.807) is 6.07 Å². The van der Waals surface area contributed by atoms with Crippen molar-refractivity contribution in [3.63, 3.8) is 0 Å². The largest absolute Gasteiger partial charge is 0.392 e. The van der Waals surface area contributed by atoms with E-state index in [1.807, 2.05) is 11.8 Å². The number of thioether (sulfide) groups is 1. The van der Waals surface area contributed by atoms with E-state index < -0.39 is 0 Å². The maximum Gasteiger partial charge on any atom is 0.147 e. The molecule has 2 saturated heterocycles. The lowest BCUT2D eigenvalue weighted by atomic mass is 9.92. The van der Waals surface area contributed by atoms with E-state index in [0.717, 1.165) is 67.9 Å². The third-order valence-corrected chi connectivity index (χ3v) is 6.46. The molecule has 3 aliphatic heterocycles. The van der Waals surface area contributed by atoms with Gasteiger partial charge in [-0.2, -0.15) is 0 Å². The maximum absolute atomic E-state index is 15.0. The average molecular weight is 348 g/mol. The van der Waals surface area contributed by atoms with Crippen molar-refractivity contribution < 1.29 is 9.50 Å². The molecule has 5 heteroatoms. The third kappa shape index (κ3) is 2.53. The van der Waals surface area contributed by atoms with Gasteiger partial charge in [-0.1, -0.05) is 13.3 Å². The molecule has 1 N–H and O–H groups in total. The van der Waals surface area contributed by atoms with Gasteiger partial charge >= 0.3 is 0 Å². The molecule has 1 aromatic rings. The van der Waals surface area contributed by atoms with Gasteiger partial charge in [0.15, 0.2) is 0 Å². The molecule has 0 spiro atoms. The number of halogens is 1. The second kappa shape index (κ2) is 6.60. The molecule has 130 valence electrons. The van der Waals surface area contributed by atoms with Gasteiger partial charge in [-0.3, -0.25) is 0 Å². The molecule has 4 rings (SSSR count). The maximum atomic E-state index is 15.0. The Kier molecular flexibility index (Phi) is 4.48. The first-order chi connectivity index (χ1) is 11.7. The molecule has 3 heterocycles. The van der Waals surface area contributed by atoms with Crippen LogP contribution < -0.4 is 9.80 Å². The fourth-order valence-corrected chi connectivity index (χ4v) is 5.48. The predicted molar refractivity (Wildman–Crippen MR) is 99.5 cm³/mol. The molecule has 24 heavy (non-hydrogen) atoms. The fourth-order valence-electron chi connectivity index (χ4n) is 4.33. The van der Waals surface area contributed by atoms with Gasteiger partial charge in [0.1, 0.15) is 5.82 Å². The molecule has 0 amide bonds. The van der Waals surface area contributed by atoms with Gasteiger partial charge in [-0.25, -0.2) is 4.39 Å². The van der Waals surface area contributed by atoms with Gasteiger partial charge < -0.3 is 14.9 Å². The summed E-state index contributed by atoms with van der Waals surface area (Å²) in [5, 5.41) is 10.9. The number of rotatable bonds is 4. The van der Waals surface area contributed by atoms with Crippen LogP contribution >= 0.6 is 11.8 Å². The molecule has 3 nitrogen and oxygen atoms in total. The summed E-state index contributed by atoms with van der Waals surface area (Å²) >= 11 is 1.83. The molecular formula is C19H25FN2OS. The van der Waals surface area contributed by atoms with Crippen molar-refractivity contribution in [3.8, 4) is 0 Å². The van der Waals surface area contributed by atoms with Crippen molar-refractivity contribution in [2.45, 2.75) is 39.0 Å². The van der Waals surface area contributed by atoms with Crippen molar-refractivity contribution in [2.24, 2.45) is 0 Å². The van der Waals surface area contributed by atoms with Gasteiger partial charge in [0.05, 0.1) is 23.0 Å². The zero-order valence-corrected chi connectivity index (χ0v) is 15.1. The first-order valence-corrected chi connectivity index (χ1v) is 10.1. The number of anilines is 2. The molecule has 0 atom stereocenters. The number of nitrogens with zero attached hydrogens (tertiary/aromatic N) is 2. The summed E-state index contributed by atoms with van der Waals surface area (Å²) in [7, 11) is 0. The Morgan fingerprint density at radius 2 is 2.00 bits per heavy atom. The summed E-state index contributed by atoms with van der Waals surface area (Å²) in [5.74, 6) is 0.965. The molecule has 3 aliphatic rings. The molecule has 0 radical (unpaired) electrons. The highest BCUT2D eigenvalue weighted by molar-refractivity contribution is 8.03. The van der Waals surface area contributed by atoms with E-state index in [-0.39, 0.29) is 12.4 Å². The van der Waals surface area contributed by atoms with E-state index in [1.165, 1.54) is 16.3 Å². The minimum atomic E-state index is -0.0771. The first-order valence-electron chi connectivity index (χ1n) is 9.07. The topological polar surface area (TPSA) is 26.7 Å². The second-order valence-corrected chi connectivity index (χ2v) is 7.96. The highest BCUT2D eigenvalue weighted by atomic mass is 32.2. The SMILES string of the molecule is CCCc1c(N2CCCC2)c(F)cc2c1N1CCSC1=C(CO)C2. The van der Waals surface area contributed by atoms with Crippen molar-refractivity contribution >= 4 is 23.1 Å². The summed E-state index contributed by atoms with van der Waals surface area (Å²) in [6, 6.07) is 1.73.